The van der Waals surface area contributed by atoms with Gasteiger partial charge < -0.3 is 18.9 Å². The molecule has 0 unspecified atom stereocenters. The summed E-state index contributed by atoms with van der Waals surface area (Å²) in [5.41, 5.74) is 1.85. The van der Waals surface area contributed by atoms with Crippen LogP contribution in [0, 0.1) is 0 Å². The van der Waals surface area contributed by atoms with Crippen LogP contribution in [0.15, 0.2) is 12.1 Å². The van der Waals surface area contributed by atoms with Gasteiger partial charge in [-0.1, -0.05) is 13.3 Å². The molecule has 5 nitrogen and oxygen atoms in total. The fourth-order valence-electron chi connectivity index (χ4n) is 3.23. The summed E-state index contributed by atoms with van der Waals surface area (Å²) in [7, 11) is 3.26. The van der Waals surface area contributed by atoms with Crippen LogP contribution in [0.4, 0.5) is 0 Å². The Balaban J connectivity index is 2.16. The lowest BCUT2D eigenvalue weighted by Crippen LogP contribution is -2.28. The summed E-state index contributed by atoms with van der Waals surface area (Å²) < 4.78 is 22.5. The van der Waals surface area contributed by atoms with E-state index in [2.05, 4.69) is 6.92 Å². The largest absolute Gasteiger partial charge is 0.496 e. The minimum Gasteiger partial charge on any atom is -0.496 e. The van der Waals surface area contributed by atoms with E-state index in [0.29, 0.717) is 6.42 Å². The van der Waals surface area contributed by atoms with E-state index in [1.165, 1.54) is 0 Å². The molecule has 2 aliphatic heterocycles. The Bertz CT molecular complexity index is 554. The maximum absolute atomic E-state index is 11.7. The van der Waals surface area contributed by atoms with Gasteiger partial charge in [0.25, 0.3) is 0 Å². The fourth-order valence-corrected chi connectivity index (χ4v) is 3.23. The Morgan fingerprint density at radius 3 is 2.48 bits per heavy atom. The van der Waals surface area contributed by atoms with Gasteiger partial charge in [0.15, 0.2) is 6.10 Å². The highest BCUT2D eigenvalue weighted by atomic mass is 16.6. The van der Waals surface area contributed by atoms with E-state index in [0.717, 1.165) is 35.5 Å². The number of hydrogen-bond acceptors (Lipinski definition) is 5. The second-order valence-corrected chi connectivity index (χ2v) is 5.36. The van der Waals surface area contributed by atoms with Crippen LogP contribution >= 0.6 is 0 Å². The summed E-state index contributed by atoms with van der Waals surface area (Å²) in [6.07, 6.45) is 1.42. The fraction of sp³-hybridized carbons (Fsp3) is 0.562. The minimum atomic E-state index is -0.398. The molecule has 0 amide bonds. The van der Waals surface area contributed by atoms with Crippen molar-refractivity contribution < 1.29 is 23.7 Å². The van der Waals surface area contributed by atoms with E-state index in [4.69, 9.17) is 18.9 Å². The van der Waals surface area contributed by atoms with E-state index in [1.807, 2.05) is 12.1 Å². The van der Waals surface area contributed by atoms with Gasteiger partial charge in [-0.2, -0.15) is 0 Å². The lowest BCUT2D eigenvalue weighted by molar-refractivity contribution is -0.143. The van der Waals surface area contributed by atoms with Crippen LogP contribution in [-0.4, -0.2) is 26.3 Å². The van der Waals surface area contributed by atoms with Crippen molar-refractivity contribution in [3.05, 3.63) is 23.3 Å². The van der Waals surface area contributed by atoms with Gasteiger partial charge in [0.05, 0.1) is 26.7 Å². The van der Waals surface area contributed by atoms with Gasteiger partial charge in [-0.15, -0.1) is 0 Å². The Morgan fingerprint density at radius 1 is 1.19 bits per heavy atom. The first-order valence-corrected chi connectivity index (χ1v) is 7.29. The van der Waals surface area contributed by atoms with Crippen molar-refractivity contribution in [3.8, 4) is 11.5 Å². The molecule has 0 aliphatic carbocycles. The van der Waals surface area contributed by atoms with Crippen molar-refractivity contribution >= 4 is 5.97 Å². The second kappa shape index (κ2) is 5.56. The molecule has 1 aromatic carbocycles. The Hall–Kier alpha value is -1.75. The van der Waals surface area contributed by atoms with E-state index < -0.39 is 6.10 Å². The monoisotopic (exact) mass is 292 g/mol. The molecule has 0 aromatic heterocycles. The lowest BCUT2D eigenvalue weighted by atomic mass is 9.88. The van der Waals surface area contributed by atoms with Crippen molar-refractivity contribution in [1.82, 2.24) is 0 Å². The zero-order valence-corrected chi connectivity index (χ0v) is 12.5. The maximum atomic E-state index is 11.7. The quantitative estimate of drug-likeness (QED) is 0.799. The maximum Gasteiger partial charge on any atom is 0.309 e. The molecular formula is C16H20O5. The summed E-state index contributed by atoms with van der Waals surface area (Å²) in [5, 5.41) is 0. The van der Waals surface area contributed by atoms with Crippen molar-refractivity contribution in [2.24, 2.45) is 0 Å². The number of esters is 1. The van der Waals surface area contributed by atoms with Gasteiger partial charge in [-0.25, -0.2) is 0 Å². The number of carbonyl (C=O) groups excluding carboxylic acids is 1. The molecule has 114 valence electrons. The van der Waals surface area contributed by atoms with Crippen LogP contribution in [-0.2, 0) is 14.3 Å². The highest BCUT2D eigenvalue weighted by molar-refractivity contribution is 5.74. The number of carbonyl (C=O) groups is 1. The average molecular weight is 292 g/mol. The summed E-state index contributed by atoms with van der Waals surface area (Å²) in [6.45, 7) is 2.11. The predicted octanol–water partition coefficient (Wildman–Crippen LogP) is 2.93. The van der Waals surface area contributed by atoms with Crippen LogP contribution in [0.5, 0.6) is 11.5 Å². The van der Waals surface area contributed by atoms with Crippen molar-refractivity contribution in [1.29, 1.82) is 0 Å². The molecule has 0 bridgehead atoms. The highest BCUT2D eigenvalue weighted by Crippen LogP contribution is 2.51. The van der Waals surface area contributed by atoms with Crippen LogP contribution < -0.4 is 9.47 Å². The molecule has 0 N–H and O–H groups in total. The average Bonchev–Trinajstić information content (AvgIpc) is 2.86. The van der Waals surface area contributed by atoms with Crippen molar-refractivity contribution in [3.63, 3.8) is 0 Å². The number of ether oxygens (including phenoxy) is 4. The van der Waals surface area contributed by atoms with E-state index in [9.17, 15) is 4.79 Å². The zero-order chi connectivity index (χ0) is 15.0. The topological polar surface area (TPSA) is 54.0 Å². The molecule has 2 aliphatic rings. The highest BCUT2D eigenvalue weighted by Gasteiger charge is 2.46. The van der Waals surface area contributed by atoms with Gasteiger partial charge >= 0.3 is 5.97 Å². The third-order valence-electron chi connectivity index (χ3n) is 4.11. The van der Waals surface area contributed by atoms with Gasteiger partial charge in [-0.05, 0) is 18.6 Å². The second-order valence-electron chi connectivity index (χ2n) is 5.36. The first kappa shape index (κ1) is 14.2. The number of rotatable bonds is 4. The van der Waals surface area contributed by atoms with Gasteiger partial charge in [0, 0.05) is 11.1 Å². The molecule has 1 fully saturated rings. The number of methoxy groups -OCH3 is 2. The van der Waals surface area contributed by atoms with E-state index >= 15 is 0 Å². The van der Waals surface area contributed by atoms with Crippen molar-refractivity contribution in [2.75, 3.05) is 14.2 Å². The number of hydrogen-bond donors (Lipinski definition) is 0. The Labute approximate surface area is 124 Å². The zero-order valence-electron chi connectivity index (χ0n) is 12.5. The van der Waals surface area contributed by atoms with Crippen LogP contribution in [0.3, 0.4) is 0 Å². The standard InChI is InChI=1S/C16H20O5/c1-4-5-11-14-9(18-2)6-7-10(19-3)15(14)16-12(20-11)8-13(17)21-16/h6-7,11-12,16H,4-5,8H2,1-3H3/t11-,12+,16-/m1/s1. The van der Waals surface area contributed by atoms with Crippen LogP contribution in [0.1, 0.15) is 49.5 Å². The van der Waals surface area contributed by atoms with Gasteiger partial charge in [-0.3, -0.25) is 4.79 Å². The summed E-state index contributed by atoms with van der Waals surface area (Å²) in [6, 6.07) is 3.73. The first-order valence-electron chi connectivity index (χ1n) is 7.29. The molecule has 1 saturated heterocycles. The van der Waals surface area contributed by atoms with Crippen LogP contribution in [0.2, 0.25) is 0 Å². The third kappa shape index (κ3) is 2.25. The van der Waals surface area contributed by atoms with Gasteiger partial charge in [0.2, 0.25) is 0 Å². The third-order valence-corrected chi connectivity index (χ3v) is 4.11. The molecule has 21 heavy (non-hydrogen) atoms. The first-order chi connectivity index (χ1) is 10.2. The SMILES string of the molecule is CCC[C@H]1O[C@H]2CC(=O)O[C@H]2c2c(OC)ccc(OC)c21. The van der Waals surface area contributed by atoms with Crippen molar-refractivity contribution in [2.45, 2.75) is 44.5 Å². The Morgan fingerprint density at radius 2 is 1.86 bits per heavy atom. The molecule has 3 atom stereocenters. The summed E-state index contributed by atoms with van der Waals surface area (Å²) >= 11 is 0. The molecule has 2 heterocycles. The number of benzene rings is 1. The van der Waals surface area contributed by atoms with Crippen LogP contribution in [0.25, 0.3) is 0 Å². The number of fused-ring (bicyclic) bond motifs is 3. The summed E-state index contributed by atoms with van der Waals surface area (Å²) in [5.74, 6) is 1.25. The van der Waals surface area contributed by atoms with Gasteiger partial charge in [0.1, 0.15) is 17.6 Å². The molecule has 0 spiro atoms. The predicted molar refractivity (Wildman–Crippen MR) is 75.5 cm³/mol. The molecule has 0 saturated carbocycles. The van der Waals surface area contributed by atoms with E-state index in [-0.39, 0.29) is 18.2 Å². The smallest absolute Gasteiger partial charge is 0.309 e. The minimum absolute atomic E-state index is 0.0919. The lowest BCUT2D eigenvalue weighted by Gasteiger charge is -2.35. The molecule has 1 aromatic rings. The van der Waals surface area contributed by atoms with E-state index in [1.54, 1.807) is 14.2 Å². The summed E-state index contributed by atoms with van der Waals surface area (Å²) in [4.78, 5) is 11.7. The molecule has 3 rings (SSSR count). The molecule has 0 radical (unpaired) electrons. The normalized spacial score (nSPS) is 26.8. The Kier molecular flexibility index (Phi) is 3.76. The molecule has 5 heteroatoms. The molecular weight excluding hydrogens is 272 g/mol.